The molecule has 0 saturated heterocycles. The Bertz CT molecular complexity index is 1160. The first kappa shape index (κ1) is 24.3. The van der Waals surface area contributed by atoms with Gasteiger partial charge in [-0.15, -0.1) is 0 Å². The summed E-state index contributed by atoms with van der Waals surface area (Å²) in [6.07, 6.45) is 1.63. The topological polar surface area (TPSA) is 106 Å². The summed E-state index contributed by atoms with van der Waals surface area (Å²) in [4.78, 5) is 38.3. The molecular formula is C26H28FN3O5. The Labute approximate surface area is 202 Å². The van der Waals surface area contributed by atoms with E-state index in [0.29, 0.717) is 17.9 Å². The molecule has 2 aliphatic heterocycles. The van der Waals surface area contributed by atoms with Crippen LogP contribution in [0, 0.1) is 11.7 Å². The molecule has 184 valence electrons. The maximum Gasteiger partial charge on any atom is 0.354 e. The Hall–Kier alpha value is -3.88. The number of halogens is 1. The van der Waals surface area contributed by atoms with Crippen LogP contribution in [0.15, 0.2) is 54.2 Å². The molecular weight excluding hydrogens is 453 g/mol. The van der Waals surface area contributed by atoms with Crippen LogP contribution in [0.3, 0.4) is 0 Å². The van der Waals surface area contributed by atoms with Crippen LogP contribution in [0.1, 0.15) is 37.3 Å². The van der Waals surface area contributed by atoms with Gasteiger partial charge in [0, 0.05) is 17.7 Å². The number of aryl methyl sites for hydroxylation is 1. The quantitative estimate of drug-likeness (QED) is 0.580. The molecule has 2 amide bonds. The van der Waals surface area contributed by atoms with Crippen LogP contribution in [-0.4, -0.2) is 37.2 Å². The Morgan fingerprint density at radius 3 is 2.57 bits per heavy atom. The molecule has 4 rings (SSSR count). The van der Waals surface area contributed by atoms with Crippen molar-refractivity contribution in [3.05, 3.63) is 71.2 Å². The van der Waals surface area contributed by atoms with Crippen molar-refractivity contribution < 1.29 is 28.2 Å². The van der Waals surface area contributed by atoms with E-state index >= 15 is 0 Å². The maximum absolute atomic E-state index is 13.4. The van der Waals surface area contributed by atoms with E-state index in [0.717, 1.165) is 11.1 Å². The molecule has 2 aromatic rings. The fourth-order valence-corrected chi connectivity index (χ4v) is 4.20. The van der Waals surface area contributed by atoms with Crippen LogP contribution in [0.25, 0.3) is 0 Å². The van der Waals surface area contributed by atoms with Crippen LogP contribution in [0.5, 0.6) is 5.75 Å². The summed E-state index contributed by atoms with van der Waals surface area (Å²) in [5.41, 5.74) is 2.27. The Balaban J connectivity index is 1.77. The molecule has 2 aliphatic rings. The van der Waals surface area contributed by atoms with E-state index in [9.17, 15) is 18.8 Å². The molecule has 2 bridgehead atoms. The van der Waals surface area contributed by atoms with Crippen LogP contribution in [-0.2, 0) is 25.5 Å². The molecule has 3 N–H and O–H groups in total. The third-order valence-electron chi connectivity index (χ3n) is 6.08. The number of esters is 1. The summed E-state index contributed by atoms with van der Waals surface area (Å²) in [6.45, 7) is 3.62. The number of hydrogen-bond donors (Lipinski definition) is 3. The summed E-state index contributed by atoms with van der Waals surface area (Å²) in [5.74, 6) is -1.97. The fourth-order valence-electron chi connectivity index (χ4n) is 4.20. The van der Waals surface area contributed by atoms with E-state index < -0.39 is 30.1 Å². The van der Waals surface area contributed by atoms with Gasteiger partial charge in [0.2, 0.25) is 11.8 Å². The van der Waals surface area contributed by atoms with Gasteiger partial charge in [0.15, 0.2) is 6.23 Å². The minimum atomic E-state index is -0.831. The SMILES string of the molecule is COC(=O)/C1=C\C2c3cc(ccc3O[C@H]2Nc2ccc(F)cc2)CCC(=O)NC(C(C)C)C(=O)N1. The third-order valence-corrected chi connectivity index (χ3v) is 6.08. The average molecular weight is 482 g/mol. The van der Waals surface area contributed by atoms with E-state index in [-0.39, 0.29) is 29.8 Å². The van der Waals surface area contributed by atoms with Crippen LogP contribution in [0.4, 0.5) is 10.1 Å². The molecule has 8 nitrogen and oxygen atoms in total. The molecule has 0 aromatic heterocycles. The number of methoxy groups -OCH3 is 1. The van der Waals surface area contributed by atoms with Crippen LogP contribution >= 0.6 is 0 Å². The molecule has 0 radical (unpaired) electrons. The van der Waals surface area contributed by atoms with Gasteiger partial charge >= 0.3 is 5.97 Å². The first-order valence-electron chi connectivity index (χ1n) is 11.5. The van der Waals surface area contributed by atoms with Crippen molar-refractivity contribution in [3.8, 4) is 5.75 Å². The Kier molecular flexibility index (Phi) is 7.04. The number of benzene rings is 2. The zero-order valence-corrected chi connectivity index (χ0v) is 19.8. The summed E-state index contributed by atoms with van der Waals surface area (Å²) < 4.78 is 24.5. The lowest BCUT2D eigenvalue weighted by molar-refractivity contribution is -0.138. The van der Waals surface area contributed by atoms with Crippen molar-refractivity contribution in [2.45, 2.75) is 44.9 Å². The van der Waals surface area contributed by atoms with Crippen molar-refractivity contribution in [1.82, 2.24) is 10.6 Å². The molecule has 0 fully saturated rings. The Morgan fingerprint density at radius 2 is 1.89 bits per heavy atom. The lowest BCUT2D eigenvalue weighted by Gasteiger charge is -2.23. The molecule has 0 aliphatic carbocycles. The first-order valence-corrected chi connectivity index (χ1v) is 11.5. The van der Waals surface area contributed by atoms with Crippen LogP contribution < -0.4 is 20.7 Å². The number of carbonyl (C=O) groups is 3. The van der Waals surface area contributed by atoms with Gasteiger partial charge in [-0.1, -0.05) is 26.0 Å². The van der Waals surface area contributed by atoms with Gasteiger partial charge in [0.05, 0.1) is 13.0 Å². The van der Waals surface area contributed by atoms with E-state index in [1.54, 1.807) is 18.2 Å². The minimum absolute atomic E-state index is 0.0607. The summed E-state index contributed by atoms with van der Waals surface area (Å²) >= 11 is 0. The van der Waals surface area contributed by atoms with E-state index in [2.05, 4.69) is 16.0 Å². The summed E-state index contributed by atoms with van der Waals surface area (Å²) in [7, 11) is 1.23. The van der Waals surface area contributed by atoms with Crippen molar-refractivity contribution in [2.24, 2.45) is 5.92 Å². The molecule has 35 heavy (non-hydrogen) atoms. The van der Waals surface area contributed by atoms with Gasteiger partial charge in [0.25, 0.3) is 0 Å². The zero-order chi connectivity index (χ0) is 25.1. The largest absolute Gasteiger partial charge is 0.469 e. The molecule has 0 saturated carbocycles. The highest BCUT2D eigenvalue weighted by Gasteiger charge is 2.36. The number of amides is 2. The number of fused-ring (bicyclic) bond motifs is 1. The number of ether oxygens (including phenoxy) is 2. The number of rotatable bonds is 4. The van der Waals surface area contributed by atoms with Gasteiger partial charge in [-0.3, -0.25) is 9.59 Å². The predicted octanol–water partition coefficient (Wildman–Crippen LogP) is 3.00. The highest BCUT2D eigenvalue weighted by molar-refractivity contribution is 5.97. The number of nitrogens with one attached hydrogen (secondary N) is 3. The lowest BCUT2D eigenvalue weighted by Crippen LogP contribution is -2.50. The first-order chi connectivity index (χ1) is 16.7. The monoisotopic (exact) mass is 481 g/mol. The van der Waals surface area contributed by atoms with Gasteiger partial charge in [0.1, 0.15) is 23.3 Å². The molecule has 0 spiro atoms. The van der Waals surface area contributed by atoms with Crippen molar-refractivity contribution in [1.29, 1.82) is 0 Å². The predicted molar refractivity (Wildman–Crippen MR) is 127 cm³/mol. The normalized spacial score (nSPS) is 23.5. The molecule has 9 heteroatoms. The molecule has 2 heterocycles. The number of carbonyl (C=O) groups excluding carboxylic acids is 3. The minimum Gasteiger partial charge on any atom is -0.469 e. The smallest absolute Gasteiger partial charge is 0.354 e. The van der Waals surface area contributed by atoms with Gasteiger partial charge < -0.3 is 25.4 Å². The summed E-state index contributed by atoms with van der Waals surface area (Å²) in [5, 5.41) is 8.65. The zero-order valence-electron chi connectivity index (χ0n) is 19.8. The van der Waals surface area contributed by atoms with Crippen LogP contribution in [0.2, 0.25) is 0 Å². The fraction of sp³-hybridized carbons (Fsp3) is 0.346. The van der Waals surface area contributed by atoms with E-state index in [1.807, 2.05) is 32.0 Å². The molecule has 2 aromatic carbocycles. The van der Waals surface area contributed by atoms with Gasteiger partial charge in [-0.05, 0) is 54.3 Å². The van der Waals surface area contributed by atoms with Crippen molar-refractivity contribution >= 4 is 23.5 Å². The standard InChI is InChI=1S/C26H28FN3O5/c1-14(2)23-24(32)29-20(26(33)34-3)13-19-18-12-15(5-11-22(31)30-23)4-10-21(18)35-25(19)28-17-8-6-16(27)7-9-17/h4,6-10,12-14,19,23,25,28H,5,11H2,1-3H3,(H,29,32)(H,30,31)/b20-13+/t19?,23?,25-/m1/s1. The van der Waals surface area contributed by atoms with Gasteiger partial charge in [-0.2, -0.15) is 0 Å². The van der Waals surface area contributed by atoms with Crippen molar-refractivity contribution in [3.63, 3.8) is 0 Å². The van der Waals surface area contributed by atoms with Crippen molar-refractivity contribution in [2.75, 3.05) is 12.4 Å². The molecule has 3 atom stereocenters. The Morgan fingerprint density at radius 1 is 1.14 bits per heavy atom. The second kappa shape index (κ2) is 10.2. The average Bonchev–Trinajstić information content (AvgIpc) is 3.17. The summed E-state index contributed by atoms with van der Waals surface area (Å²) in [6, 6.07) is 10.7. The second-order valence-corrected chi connectivity index (χ2v) is 8.94. The maximum atomic E-state index is 13.4. The van der Waals surface area contributed by atoms with E-state index in [1.165, 1.54) is 19.2 Å². The molecule has 2 unspecified atom stereocenters. The highest BCUT2D eigenvalue weighted by atomic mass is 19.1. The lowest BCUT2D eigenvalue weighted by atomic mass is 9.94. The highest BCUT2D eigenvalue weighted by Crippen LogP contribution is 2.41. The van der Waals surface area contributed by atoms with Gasteiger partial charge in [-0.25, -0.2) is 9.18 Å². The number of hydrogen-bond acceptors (Lipinski definition) is 6. The third kappa shape index (κ3) is 5.45. The number of anilines is 1. The second-order valence-electron chi connectivity index (χ2n) is 8.94. The van der Waals surface area contributed by atoms with E-state index in [4.69, 9.17) is 9.47 Å².